The summed E-state index contributed by atoms with van der Waals surface area (Å²) in [5.74, 6) is -0.127. The fraction of sp³-hybridized carbons (Fsp3) is 0.118. The van der Waals surface area contributed by atoms with Crippen LogP contribution in [0.2, 0.25) is 0 Å². The molecule has 0 saturated heterocycles. The number of halogens is 1. The molecule has 0 atom stereocenters. The van der Waals surface area contributed by atoms with Crippen LogP contribution in [0.15, 0.2) is 41.3 Å². The molecule has 0 unspecified atom stereocenters. The van der Waals surface area contributed by atoms with Gasteiger partial charge in [-0.1, -0.05) is 12.1 Å². The van der Waals surface area contributed by atoms with Crippen LogP contribution < -0.4 is 10.2 Å². The first-order valence-electron chi connectivity index (χ1n) is 7.30. The minimum atomic E-state index is -0.537. The lowest BCUT2D eigenvalue weighted by molar-refractivity contribution is 0.385. The second-order valence-electron chi connectivity index (χ2n) is 5.43. The van der Waals surface area contributed by atoms with Gasteiger partial charge in [0.15, 0.2) is 28.5 Å². The zero-order valence-corrected chi connectivity index (χ0v) is 13.0. The van der Waals surface area contributed by atoms with Crippen LogP contribution in [-0.4, -0.2) is 26.7 Å². The first kappa shape index (κ1) is 14.4. The predicted molar refractivity (Wildman–Crippen MR) is 87.8 cm³/mol. The van der Waals surface area contributed by atoms with E-state index in [1.54, 1.807) is 13.0 Å². The Bertz CT molecular complexity index is 1150. The Morgan fingerprint density at radius 1 is 1.29 bits per heavy atom. The highest BCUT2D eigenvalue weighted by Gasteiger charge is 2.15. The van der Waals surface area contributed by atoms with Gasteiger partial charge in [-0.05, 0) is 19.1 Å². The van der Waals surface area contributed by atoms with Gasteiger partial charge in [0.2, 0.25) is 0 Å². The van der Waals surface area contributed by atoms with Gasteiger partial charge in [-0.15, -0.1) is 5.10 Å². The molecule has 4 rings (SSSR count). The average molecular weight is 324 g/mol. The topological polar surface area (TPSA) is 72.3 Å². The van der Waals surface area contributed by atoms with Crippen molar-refractivity contribution in [3.8, 4) is 17.3 Å². The third-order valence-electron chi connectivity index (χ3n) is 3.98. The van der Waals surface area contributed by atoms with Gasteiger partial charge in [-0.3, -0.25) is 4.79 Å². The van der Waals surface area contributed by atoms with Crippen molar-refractivity contribution in [3.05, 3.63) is 58.1 Å². The lowest BCUT2D eigenvalue weighted by atomic mass is 10.1. The largest absolute Gasteiger partial charge is 0.493 e. The molecular formula is C17H13FN4O2. The molecule has 0 aliphatic carbocycles. The van der Waals surface area contributed by atoms with Gasteiger partial charge >= 0.3 is 0 Å². The van der Waals surface area contributed by atoms with Crippen LogP contribution in [0, 0.1) is 12.7 Å². The molecule has 0 aliphatic rings. The first-order chi connectivity index (χ1) is 11.6. The summed E-state index contributed by atoms with van der Waals surface area (Å²) in [5, 5.41) is 4.87. The molecule has 1 aromatic carbocycles. The number of nitrogens with zero attached hydrogens (tertiary/aromatic N) is 3. The summed E-state index contributed by atoms with van der Waals surface area (Å²) in [4.78, 5) is 20.1. The van der Waals surface area contributed by atoms with Gasteiger partial charge in [0.05, 0.1) is 19.0 Å². The van der Waals surface area contributed by atoms with Crippen LogP contribution in [0.5, 0.6) is 5.75 Å². The summed E-state index contributed by atoms with van der Waals surface area (Å²) >= 11 is 0. The molecule has 6 nitrogen and oxygen atoms in total. The maximum Gasteiger partial charge on any atom is 0.198 e. The van der Waals surface area contributed by atoms with Gasteiger partial charge in [-0.2, -0.15) is 0 Å². The minimum absolute atomic E-state index is 0.0815. The van der Waals surface area contributed by atoms with Crippen molar-refractivity contribution in [1.82, 2.24) is 19.6 Å². The van der Waals surface area contributed by atoms with E-state index in [4.69, 9.17) is 4.74 Å². The number of methoxy groups -OCH3 is 1. The summed E-state index contributed by atoms with van der Waals surface area (Å²) in [5.41, 5.74) is 2.07. The number of rotatable bonds is 2. The Kier molecular flexibility index (Phi) is 3.09. The van der Waals surface area contributed by atoms with E-state index < -0.39 is 5.82 Å². The number of benzene rings is 1. The Morgan fingerprint density at radius 3 is 2.88 bits per heavy atom. The summed E-state index contributed by atoms with van der Waals surface area (Å²) in [6, 6.07) is 8.70. The SMILES string of the molecule is COc1cc2nc(-c3[nH]c4ccccc4c(=O)c3C)nn2cc1F. The van der Waals surface area contributed by atoms with Crippen LogP contribution in [0.1, 0.15) is 5.56 Å². The van der Waals surface area contributed by atoms with Gasteiger partial charge in [-0.25, -0.2) is 13.9 Å². The molecule has 0 amide bonds. The zero-order chi connectivity index (χ0) is 16.8. The molecule has 1 N–H and O–H groups in total. The number of aromatic nitrogens is 4. The van der Waals surface area contributed by atoms with Gasteiger partial charge in [0.25, 0.3) is 0 Å². The summed E-state index contributed by atoms with van der Waals surface area (Å²) < 4.78 is 20.1. The van der Waals surface area contributed by atoms with Crippen molar-refractivity contribution in [2.75, 3.05) is 7.11 Å². The maximum atomic E-state index is 13.8. The van der Waals surface area contributed by atoms with Crippen LogP contribution >= 0.6 is 0 Å². The molecule has 0 saturated carbocycles. The van der Waals surface area contributed by atoms with E-state index in [1.165, 1.54) is 23.9 Å². The fourth-order valence-corrected chi connectivity index (χ4v) is 2.71. The van der Waals surface area contributed by atoms with Crippen molar-refractivity contribution in [1.29, 1.82) is 0 Å². The zero-order valence-electron chi connectivity index (χ0n) is 13.0. The van der Waals surface area contributed by atoms with Gasteiger partial charge < -0.3 is 9.72 Å². The Labute approximate surface area is 135 Å². The second kappa shape index (κ2) is 5.16. The van der Waals surface area contributed by atoms with E-state index in [2.05, 4.69) is 15.1 Å². The van der Waals surface area contributed by atoms with E-state index in [0.717, 1.165) is 0 Å². The van der Waals surface area contributed by atoms with Crippen LogP contribution in [0.4, 0.5) is 4.39 Å². The number of aromatic amines is 1. The second-order valence-corrected chi connectivity index (χ2v) is 5.43. The lowest BCUT2D eigenvalue weighted by Gasteiger charge is -2.04. The highest BCUT2D eigenvalue weighted by Crippen LogP contribution is 2.23. The summed E-state index contributed by atoms with van der Waals surface area (Å²) in [7, 11) is 1.39. The third-order valence-corrected chi connectivity index (χ3v) is 3.98. The molecule has 0 aliphatic heterocycles. The number of hydrogen-bond donors (Lipinski definition) is 1. The lowest BCUT2D eigenvalue weighted by Crippen LogP contribution is -2.09. The van der Waals surface area contributed by atoms with Gasteiger partial charge in [0.1, 0.15) is 0 Å². The van der Waals surface area contributed by atoms with Crippen molar-refractivity contribution < 1.29 is 9.13 Å². The van der Waals surface area contributed by atoms with Crippen molar-refractivity contribution in [2.24, 2.45) is 0 Å². The Hall–Kier alpha value is -3.22. The van der Waals surface area contributed by atoms with E-state index in [1.807, 2.05) is 18.2 Å². The first-order valence-corrected chi connectivity index (χ1v) is 7.30. The highest BCUT2D eigenvalue weighted by atomic mass is 19.1. The molecule has 24 heavy (non-hydrogen) atoms. The molecule has 3 aromatic heterocycles. The number of H-pyrrole nitrogens is 1. The number of fused-ring (bicyclic) bond motifs is 2. The van der Waals surface area contributed by atoms with E-state index in [9.17, 15) is 9.18 Å². The smallest absolute Gasteiger partial charge is 0.198 e. The molecule has 4 aromatic rings. The molecule has 3 heterocycles. The van der Waals surface area contributed by atoms with E-state index in [-0.39, 0.29) is 11.2 Å². The Balaban J connectivity index is 1.99. The molecule has 0 bridgehead atoms. The minimum Gasteiger partial charge on any atom is -0.493 e. The van der Waals surface area contributed by atoms with Gasteiger partial charge in [0, 0.05) is 22.5 Å². The number of pyridine rings is 2. The van der Waals surface area contributed by atoms with E-state index in [0.29, 0.717) is 33.6 Å². The molecule has 7 heteroatoms. The van der Waals surface area contributed by atoms with Crippen molar-refractivity contribution in [2.45, 2.75) is 6.92 Å². The Morgan fingerprint density at radius 2 is 2.08 bits per heavy atom. The maximum absolute atomic E-state index is 13.8. The summed E-state index contributed by atoms with van der Waals surface area (Å²) in [6.07, 6.45) is 1.19. The fourth-order valence-electron chi connectivity index (χ4n) is 2.71. The molecule has 0 spiro atoms. The number of hydrogen-bond acceptors (Lipinski definition) is 4. The normalized spacial score (nSPS) is 11.3. The molecule has 0 fully saturated rings. The quantitative estimate of drug-likeness (QED) is 0.615. The third kappa shape index (κ3) is 2.05. The number of ether oxygens (including phenoxy) is 1. The summed E-state index contributed by atoms with van der Waals surface area (Å²) in [6.45, 7) is 1.72. The number of para-hydroxylation sites is 1. The standard InChI is InChI=1S/C17H13FN4O2/c1-9-15(19-12-6-4-3-5-10(12)16(9)23)17-20-14-7-13(24-2)11(18)8-22(14)21-17/h3-8H,1-2H3,(H,19,23). The molecule has 120 valence electrons. The van der Waals surface area contributed by atoms with Crippen molar-refractivity contribution >= 4 is 16.6 Å². The van der Waals surface area contributed by atoms with Crippen LogP contribution in [-0.2, 0) is 0 Å². The van der Waals surface area contributed by atoms with Crippen LogP contribution in [0.25, 0.3) is 28.1 Å². The molecule has 0 radical (unpaired) electrons. The highest BCUT2D eigenvalue weighted by molar-refractivity contribution is 5.82. The molecular weight excluding hydrogens is 311 g/mol. The van der Waals surface area contributed by atoms with Crippen molar-refractivity contribution in [3.63, 3.8) is 0 Å². The average Bonchev–Trinajstić information content (AvgIpc) is 2.99. The monoisotopic (exact) mass is 324 g/mol. The van der Waals surface area contributed by atoms with E-state index >= 15 is 0 Å². The van der Waals surface area contributed by atoms with Crippen LogP contribution in [0.3, 0.4) is 0 Å². The predicted octanol–water partition coefficient (Wildman–Crippen LogP) is 2.69. The number of nitrogens with one attached hydrogen (secondary N) is 1.